The zero-order valence-corrected chi connectivity index (χ0v) is 17.6. The van der Waals surface area contributed by atoms with Gasteiger partial charge in [-0.3, -0.25) is 0 Å². The second-order valence-corrected chi connectivity index (χ2v) is 8.15. The van der Waals surface area contributed by atoms with Crippen molar-refractivity contribution in [2.75, 3.05) is 11.6 Å². The average molecular weight is 423 g/mol. The van der Waals surface area contributed by atoms with E-state index in [2.05, 4.69) is 75.1 Å². The molecular formula is C25H18N4OS. The molecule has 0 saturated heterocycles. The Bertz CT molecular complexity index is 1400. The van der Waals surface area contributed by atoms with Crippen LogP contribution < -0.4 is 10.1 Å². The summed E-state index contributed by atoms with van der Waals surface area (Å²) >= 11 is 1.45. The highest BCUT2D eigenvalue weighted by Gasteiger charge is 2.28. The summed E-state index contributed by atoms with van der Waals surface area (Å²) in [5, 5.41) is 17.5. The molecule has 0 spiro atoms. The Morgan fingerprint density at radius 1 is 0.839 bits per heavy atom. The molecular weight excluding hydrogens is 404 g/mol. The van der Waals surface area contributed by atoms with Crippen LogP contribution in [-0.4, -0.2) is 21.4 Å². The van der Waals surface area contributed by atoms with Crippen molar-refractivity contribution in [3.05, 3.63) is 84.4 Å². The van der Waals surface area contributed by atoms with Crippen molar-refractivity contribution in [1.29, 1.82) is 0 Å². The van der Waals surface area contributed by atoms with Crippen LogP contribution in [0.3, 0.4) is 0 Å². The number of hydrogen-bond acceptors (Lipinski definition) is 6. The zero-order valence-electron chi connectivity index (χ0n) is 16.7. The normalized spacial score (nSPS) is 14.9. The van der Waals surface area contributed by atoms with E-state index in [9.17, 15) is 0 Å². The SMILES string of the molecule is CSc1nnc2c(n1)OC(c1c3ccccc3cc3ccccc13)Nc1ccccc1-2. The van der Waals surface area contributed by atoms with Gasteiger partial charge in [-0.1, -0.05) is 78.5 Å². The molecule has 0 fully saturated rings. The molecule has 0 radical (unpaired) electrons. The van der Waals surface area contributed by atoms with Gasteiger partial charge >= 0.3 is 0 Å². The first-order valence-electron chi connectivity index (χ1n) is 10.0. The van der Waals surface area contributed by atoms with E-state index in [0.717, 1.165) is 27.6 Å². The number of nitrogens with one attached hydrogen (secondary N) is 1. The molecule has 1 atom stereocenters. The van der Waals surface area contributed by atoms with Crippen molar-refractivity contribution in [2.24, 2.45) is 0 Å². The van der Waals surface area contributed by atoms with E-state index in [1.165, 1.54) is 22.5 Å². The highest BCUT2D eigenvalue weighted by Crippen LogP contribution is 2.42. The Kier molecular flexibility index (Phi) is 4.25. The van der Waals surface area contributed by atoms with Crippen LogP contribution in [0.2, 0.25) is 0 Å². The molecule has 6 rings (SSSR count). The molecule has 5 nitrogen and oxygen atoms in total. The zero-order chi connectivity index (χ0) is 20.8. The molecule has 4 aromatic carbocycles. The molecule has 0 aliphatic carbocycles. The minimum Gasteiger partial charge on any atom is -0.448 e. The van der Waals surface area contributed by atoms with Crippen LogP contribution in [0.5, 0.6) is 5.88 Å². The van der Waals surface area contributed by atoms with Crippen LogP contribution >= 0.6 is 11.8 Å². The van der Waals surface area contributed by atoms with Crippen LogP contribution in [0.4, 0.5) is 5.69 Å². The predicted octanol–water partition coefficient (Wildman–Crippen LogP) is 6.07. The summed E-state index contributed by atoms with van der Waals surface area (Å²) in [7, 11) is 0. The third-order valence-corrected chi connectivity index (χ3v) is 6.13. The Balaban J connectivity index is 1.64. The van der Waals surface area contributed by atoms with Crippen molar-refractivity contribution in [3.8, 4) is 17.1 Å². The Labute approximate surface area is 183 Å². The lowest BCUT2D eigenvalue weighted by atomic mass is 9.95. The fourth-order valence-electron chi connectivity index (χ4n) is 4.20. The molecule has 0 amide bonds. The molecule has 150 valence electrons. The number of anilines is 1. The lowest BCUT2D eigenvalue weighted by Crippen LogP contribution is -2.18. The molecule has 1 aromatic heterocycles. The van der Waals surface area contributed by atoms with E-state index in [-0.39, 0.29) is 0 Å². The van der Waals surface area contributed by atoms with E-state index in [1.54, 1.807) is 0 Å². The molecule has 1 aliphatic rings. The highest BCUT2D eigenvalue weighted by molar-refractivity contribution is 7.98. The maximum absolute atomic E-state index is 6.55. The third kappa shape index (κ3) is 2.99. The lowest BCUT2D eigenvalue weighted by Gasteiger charge is -2.23. The van der Waals surface area contributed by atoms with Crippen LogP contribution in [0.1, 0.15) is 11.8 Å². The van der Waals surface area contributed by atoms with Crippen molar-refractivity contribution >= 4 is 39.0 Å². The summed E-state index contributed by atoms with van der Waals surface area (Å²) < 4.78 is 6.55. The van der Waals surface area contributed by atoms with Gasteiger partial charge in [-0.15, -0.1) is 10.2 Å². The highest BCUT2D eigenvalue weighted by atomic mass is 32.2. The molecule has 1 unspecified atom stereocenters. The maximum Gasteiger partial charge on any atom is 0.247 e. The predicted molar refractivity (Wildman–Crippen MR) is 125 cm³/mol. The smallest absolute Gasteiger partial charge is 0.247 e. The van der Waals surface area contributed by atoms with E-state index in [1.807, 2.05) is 30.5 Å². The fourth-order valence-corrected chi connectivity index (χ4v) is 4.49. The molecule has 0 bridgehead atoms. The number of ether oxygens (including phenoxy) is 1. The van der Waals surface area contributed by atoms with Gasteiger partial charge in [-0.2, -0.15) is 4.98 Å². The Morgan fingerprint density at radius 3 is 2.26 bits per heavy atom. The van der Waals surface area contributed by atoms with Gasteiger partial charge in [0.2, 0.25) is 11.0 Å². The quantitative estimate of drug-likeness (QED) is 0.275. The summed E-state index contributed by atoms with van der Waals surface area (Å²) in [5.41, 5.74) is 3.60. The lowest BCUT2D eigenvalue weighted by molar-refractivity contribution is 0.228. The molecule has 5 aromatic rings. The van der Waals surface area contributed by atoms with Gasteiger partial charge < -0.3 is 10.1 Å². The number of hydrogen-bond donors (Lipinski definition) is 1. The minimum atomic E-state index is -0.440. The number of rotatable bonds is 2. The first-order valence-corrected chi connectivity index (χ1v) is 11.3. The van der Waals surface area contributed by atoms with Crippen LogP contribution in [0.15, 0.2) is 84.0 Å². The van der Waals surface area contributed by atoms with Crippen LogP contribution in [-0.2, 0) is 0 Å². The number of fused-ring (bicyclic) bond motifs is 5. The molecule has 1 N–H and O–H groups in total. The Morgan fingerprint density at radius 2 is 1.52 bits per heavy atom. The van der Waals surface area contributed by atoms with Gasteiger partial charge in [0.1, 0.15) is 0 Å². The van der Waals surface area contributed by atoms with Crippen LogP contribution in [0.25, 0.3) is 32.8 Å². The topological polar surface area (TPSA) is 59.9 Å². The number of benzene rings is 4. The van der Waals surface area contributed by atoms with Crippen molar-refractivity contribution in [3.63, 3.8) is 0 Å². The van der Waals surface area contributed by atoms with E-state index in [0.29, 0.717) is 16.7 Å². The van der Waals surface area contributed by atoms with Gasteiger partial charge in [-0.25, -0.2) is 0 Å². The number of nitrogens with zero attached hydrogens (tertiary/aromatic N) is 3. The molecule has 0 saturated carbocycles. The fraction of sp³-hybridized carbons (Fsp3) is 0.0800. The van der Waals surface area contributed by atoms with Gasteiger partial charge in [0.15, 0.2) is 11.9 Å². The van der Waals surface area contributed by atoms with Crippen LogP contribution in [0, 0.1) is 0 Å². The molecule has 1 aliphatic heterocycles. The maximum atomic E-state index is 6.55. The van der Waals surface area contributed by atoms with Gasteiger partial charge in [0, 0.05) is 16.8 Å². The second-order valence-electron chi connectivity index (χ2n) is 7.37. The first kappa shape index (κ1) is 18.2. The number of thioether (sulfide) groups is 1. The Hall–Kier alpha value is -3.64. The summed E-state index contributed by atoms with van der Waals surface area (Å²) in [4.78, 5) is 4.65. The second kappa shape index (κ2) is 7.25. The largest absolute Gasteiger partial charge is 0.448 e. The summed E-state index contributed by atoms with van der Waals surface area (Å²) in [5.74, 6) is 0.485. The number of aromatic nitrogens is 3. The van der Waals surface area contributed by atoms with E-state index >= 15 is 0 Å². The van der Waals surface area contributed by atoms with Crippen molar-refractivity contribution in [1.82, 2.24) is 15.2 Å². The summed E-state index contributed by atoms with van der Waals surface area (Å²) in [6.07, 6.45) is 1.49. The van der Waals surface area contributed by atoms with Crippen molar-refractivity contribution in [2.45, 2.75) is 11.4 Å². The van der Waals surface area contributed by atoms with Gasteiger partial charge in [-0.05, 0) is 39.9 Å². The molecule has 2 heterocycles. The third-order valence-electron chi connectivity index (χ3n) is 5.59. The summed E-state index contributed by atoms with van der Waals surface area (Å²) in [6.45, 7) is 0. The average Bonchev–Trinajstić information content (AvgIpc) is 2.98. The summed E-state index contributed by atoms with van der Waals surface area (Å²) in [6, 6.07) is 27.1. The molecule has 6 heteroatoms. The van der Waals surface area contributed by atoms with Gasteiger partial charge in [0.05, 0.1) is 0 Å². The standard InChI is InChI=1S/C25H18N4OS/c1-31-25-27-24-22(28-29-25)19-12-6-7-13-20(19)26-23(30-24)21-17-10-4-2-8-15(17)14-16-9-3-5-11-18(16)21/h2-14,23,26H,1H3. The number of para-hydroxylation sites is 1. The monoisotopic (exact) mass is 422 g/mol. The van der Waals surface area contributed by atoms with Gasteiger partial charge in [0.25, 0.3) is 0 Å². The van der Waals surface area contributed by atoms with E-state index < -0.39 is 6.23 Å². The van der Waals surface area contributed by atoms with E-state index in [4.69, 9.17) is 4.74 Å². The minimum absolute atomic E-state index is 0.440. The molecule has 31 heavy (non-hydrogen) atoms. The first-order chi connectivity index (χ1) is 15.3. The van der Waals surface area contributed by atoms with Crippen molar-refractivity contribution < 1.29 is 4.74 Å².